The highest BCUT2D eigenvalue weighted by atomic mass is 16.1. The van der Waals surface area contributed by atoms with E-state index in [1.807, 2.05) is 0 Å². The molecule has 0 saturated heterocycles. The minimum Gasteiger partial charge on any atom is -0.326 e. The quantitative estimate of drug-likeness (QED) is 0.200. The summed E-state index contributed by atoms with van der Waals surface area (Å²) in [4.78, 5) is 13.0. The van der Waals surface area contributed by atoms with Crippen LogP contribution in [-0.4, -0.2) is 5.91 Å². The van der Waals surface area contributed by atoms with E-state index in [0.29, 0.717) is 12.3 Å². The third kappa shape index (κ3) is 13.3. The fraction of sp³-hybridized carbons (Fsp3) is 0.767. The van der Waals surface area contributed by atoms with Gasteiger partial charge in [-0.3, -0.25) is 4.79 Å². The lowest BCUT2D eigenvalue weighted by molar-refractivity contribution is -0.117. The SMILES string of the molecule is CCCCCCC(CCCCCC)CC(=O)Nc1ccccc1CC(CCC)CCCC. The van der Waals surface area contributed by atoms with Gasteiger partial charge >= 0.3 is 0 Å². The molecule has 0 aliphatic heterocycles. The van der Waals surface area contributed by atoms with Crippen LogP contribution in [0, 0.1) is 11.8 Å². The number of benzene rings is 1. The number of unbranched alkanes of at least 4 members (excludes halogenated alkanes) is 7. The van der Waals surface area contributed by atoms with Crippen molar-refractivity contribution in [3.63, 3.8) is 0 Å². The van der Waals surface area contributed by atoms with Crippen LogP contribution in [-0.2, 0) is 11.2 Å². The van der Waals surface area contributed by atoms with E-state index in [1.54, 1.807) is 0 Å². The van der Waals surface area contributed by atoms with Crippen LogP contribution in [0.2, 0.25) is 0 Å². The van der Waals surface area contributed by atoms with Crippen LogP contribution in [0.4, 0.5) is 5.69 Å². The standard InChI is InChI=1S/C30H53NO/c1-5-9-12-14-20-27(21-15-13-10-6-2)25-30(32)31-29-23-17-16-22-28(29)24-26(18-8-4)19-11-7-3/h16-17,22-23,26-27H,5-15,18-21,24-25H2,1-4H3,(H,31,32). The monoisotopic (exact) mass is 443 g/mol. The molecule has 1 N–H and O–H groups in total. The van der Waals surface area contributed by atoms with Crippen LogP contribution in [0.3, 0.4) is 0 Å². The van der Waals surface area contributed by atoms with E-state index < -0.39 is 0 Å². The van der Waals surface area contributed by atoms with Gasteiger partial charge in [0.1, 0.15) is 0 Å². The van der Waals surface area contributed by atoms with Crippen molar-refractivity contribution in [2.24, 2.45) is 11.8 Å². The predicted octanol–water partition coefficient (Wildman–Crippen LogP) is 9.72. The predicted molar refractivity (Wildman–Crippen MR) is 142 cm³/mol. The maximum Gasteiger partial charge on any atom is 0.224 e. The first-order valence-electron chi connectivity index (χ1n) is 14.0. The van der Waals surface area contributed by atoms with Crippen molar-refractivity contribution in [2.75, 3.05) is 5.32 Å². The van der Waals surface area contributed by atoms with E-state index >= 15 is 0 Å². The lowest BCUT2D eigenvalue weighted by Gasteiger charge is -2.20. The summed E-state index contributed by atoms with van der Waals surface area (Å²) in [5.41, 5.74) is 2.36. The minimum atomic E-state index is 0.217. The number of nitrogens with one attached hydrogen (secondary N) is 1. The van der Waals surface area contributed by atoms with Gasteiger partial charge in [0.15, 0.2) is 0 Å². The molecule has 1 aromatic rings. The van der Waals surface area contributed by atoms with E-state index in [9.17, 15) is 4.79 Å². The number of carbonyl (C=O) groups is 1. The summed E-state index contributed by atoms with van der Waals surface area (Å²) in [5, 5.41) is 3.31. The van der Waals surface area contributed by atoms with E-state index in [4.69, 9.17) is 0 Å². The largest absolute Gasteiger partial charge is 0.326 e. The molecular weight excluding hydrogens is 390 g/mol. The Morgan fingerprint density at radius 2 is 1.28 bits per heavy atom. The number of hydrogen-bond donors (Lipinski definition) is 1. The molecule has 0 fully saturated rings. The molecule has 0 radical (unpaired) electrons. The fourth-order valence-corrected chi connectivity index (χ4v) is 4.91. The van der Waals surface area contributed by atoms with Crippen molar-refractivity contribution in [1.82, 2.24) is 0 Å². The van der Waals surface area contributed by atoms with E-state index in [1.165, 1.54) is 102 Å². The lowest BCUT2D eigenvalue weighted by Crippen LogP contribution is -2.18. The Kier molecular flexibility index (Phi) is 17.2. The molecule has 2 heteroatoms. The zero-order valence-electron chi connectivity index (χ0n) is 21.9. The van der Waals surface area contributed by atoms with Crippen LogP contribution in [0.25, 0.3) is 0 Å². The number of carbonyl (C=O) groups excluding carboxylic acids is 1. The summed E-state index contributed by atoms with van der Waals surface area (Å²) in [5.74, 6) is 1.48. The molecule has 0 aromatic heterocycles. The molecular formula is C30H53NO. The molecule has 0 aliphatic carbocycles. The molecule has 1 atom stereocenters. The maximum atomic E-state index is 13.0. The molecule has 0 spiro atoms. The molecule has 32 heavy (non-hydrogen) atoms. The summed E-state index contributed by atoms with van der Waals surface area (Å²) >= 11 is 0. The van der Waals surface area contributed by atoms with E-state index in [0.717, 1.165) is 18.0 Å². The average molecular weight is 444 g/mol. The van der Waals surface area contributed by atoms with Crippen molar-refractivity contribution < 1.29 is 4.79 Å². The molecule has 1 amide bonds. The second-order valence-corrected chi connectivity index (χ2v) is 9.98. The van der Waals surface area contributed by atoms with Crippen LogP contribution >= 0.6 is 0 Å². The maximum absolute atomic E-state index is 13.0. The Labute approximate surface area is 200 Å². The van der Waals surface area contributed by atoms with Gasteiger partial charge in [0.05, 0.1) is 0 Å². The number of rotatable bonds is 20. The van der Waals surface area contributed by atoms with Crippen molar-refractivity contribution in [3.8, 4) is 0 Å². The number of hydrogen-bond acceptors (Lipinski definition) is 1. The van der Waals surface area contributed by atoms with Gasteiger partial charge in [-0.15, -0.1) is 0 Å². The van der Waals surface area contributed by atoms with Gasteiger partial charge in [-0.1, -0.05) is 129 Å². The molecule has 1 rings (SSSR count). The Balaban J connectivity index is 2.69. The Hall–Kier alpha value is -1.31. The van der Waals surface area contributed by atoms with Gasteiger partial charge in [0.2, 0.25) is 5.91 Å². The first-order valence-corrected chi connectivity index (χ1v) is 14.0. The second kappa shape index (κ2) is 19.2. The molecule has 184 valence electrons. The topological polar surface area (TPSA) is 29.1 Å². The minimum absolute atomic E-state index is 0.217. The first-order chi connectivity index (χ1) is 15.6. The van der Waals surface area contributed by atoms with Crippen LogP contribution in [0.15, 0.2) is 24.3 Å². The number of amides is 1. The highest BCUT2D eigenvalue weighted by Gasteiger charge is 2.16. The Morgan fingerprint density at radius 1 is 0.688 bits per heavy atom. The zero-order chi connectivity index (χ0) is 23.4. The number of anilines is 1. The average Bonchev–Trinajstić information content (AvgIpc) is 2.79. The molecule has 0 saturated carbocycles. The summed E-state index contributed by atoms with van der Waals surface area (Å²) in [6, 6.07) is 8.51. The van der Waals surface area contributed by atoms with Crippen molar-refractivity contribution in [3.05, 3.63) is 29.8 Å². The van der Waals surface area contributed by atoms with Crippen LogP contribution in [0.5, 0.6) is 0 Å². The highest BCUT2D eigenvalue weighted by Crippen LogP contribution is 2.26. The van der Waals surface area contributed by atoms with Gasteiger partial charge in [-0.25, -0.2) is 0 Å². The Bertz CT molecular complexity index is 570. The molecule has 0 aliphatic rings. The summed E-state index contributed by atoms with van der Waals surface area (Å²) in [6.07, 6.45) is 20.9. The Morgan fingerprint density at radius 3 is 1.88 bits per heavy atom. The third-order valence-electron chi connectivity index (χ3n) is 6.87. The summed E-state index contributed by atoms with van der Waals surface area (Å²) < 4.78 is 0. The molecule has 0 heterocycles. The summed E-state index contributed by atoms with van der Waals surface area (Å²) in [7, 11) is 0. The zero-order valence-corrected chi connectivity index (χ0v) is 21.9. The molecule has 2 nitrogen and oxygen atoms in total. The van der Waals surface area contributed by atoms with E-state index in [2.05, 4.69) is 57.3 Å². The molecule has 0 bridgehead atoms. The molecule has 1 aromatic carbocycles. The van der Waals surface area contributed by atoms with Crippen LogP contribution in [0.1, 0.15) is 136 Å². The van der Waals surface area contributed by atoms with E-state index in [-0.39, 0.29) is 5.91 Å². The van der Waals surface area contributed by atoms with Gasteiger partial charge < -0.3 is 5.32 Å². The highest BCUT2D eigenvalue weighted by molar-refractivity contribution is 5.91. The van der Waals surface area contributed by atoms with Crippen molar-refractivity contribution >= 4 is 11.6 Å². The van der Waals surface area contributed by atoms with Gasteiger partial charge in [0.25, 0.3) is 0 Å². The van der Waals surface area contributed by atoms with Crippen molar-refractivity contribution in [2.45, 2.75) is 137 Å². The van der Waals surface area contributed by atoms with Gasteiger partial charge in [-0.05, 0) is 42.7 Å². The lowest BCUT2D eigenvalue weighted by atomic mass is 9.89. The smallest absolute Gasteiger partial charge is 0.224 e. The normalized spacial score (nSPS) is 12.3. The molecule has 1 unspecified atom stereocenters. The van der Waals surface area contributed by atoms with Crippen molar-refractivity contribution in [1.29, 1.82) is 0 Å². The van der Waals surface area contributed by atoms with Gasteiger partial charge in [-0.2, -0.15) is 0 Å². The second-order valence-electron chi connectivity index (χ2n) is 9.98. The van der Waals surface area contributed by atoms with Gasteiger partial charge in [0, 0.05) is 12.1 Å². The number of para-hydroxylation sites is 1. The third-order valence-corrected chi connectivity index (χ3v) is 6.87. The fourth-order valence-electron chi connectivity index (χ4n) is 4.91. The first kappa shape index (κ1) is 28.7. The van der Waals surface area contributed by atoms with Crippen LogP contribution < -0.4 is 5.32 Å². The summed E-state index contributed by atoms with van der Waals surface area (Å²) in [6.45, 7) is 9.09.